The summed E-state index contributed by atoms with van der Waals surface area (Å²) in [7, 11) is 9.17. The largest absolute Gasteiger partial charge is 0.379 e. The van der Waals surface area contributed by atoms with Crippen molar-refractivity contribution in [3.8, 4) is 0 Å². The topological polar surface area (TPSA) is 92.3 Å². The number of nitrogens with zero attached hydrogens (tertiary/aromatic N) is 2. The van der Waals surface area contributed by atoms with Crippen LogP contribution in [0.3, 0.4) is 0 Å². The van der Waals surface area contributed by atoms with Gasteiger partial charge in [0.25, 0.3) is 0 Å². The van der Waals surface area contributed by atoms with Gasteiger partial charge in [-0.25, -0.2) is 0 Å². The van der Waals surface area contributed by atoms with Crippen LogP contribution in [0.15, 0.2) is 0 Å². The SMILES string of the molecule is CCCCCCCCCCCCCCOCC(C[N+](C)(C)CCOCCOCCOCCOCCOCCOCC[N+](C)(C)CC(COCCCCCCCCCCCCCC)OCCCCCCCCCCCCCC)OCCCCCCCCCCCCCC. The predicted octanol–water partition coefficient (Wildman–Crippen LogP) is 20.8. The van der Waals surface area contributed by atoms with Crippen LogP contribution >= 0.6 is 0 Å². The maximum Gasteiger partial charge on any atom is 0.130 e. The maximum absolute atomic E-state index is 6.55. The normalized spacial score (nSPS) is 12.9. The number of hydrogen-bond acceptors (Lipinski definition) is 10. The molecule has 2 unspecified atom stereocenters. The summed E-state index contributed by atoms with van der Waals surface area (Å²) in [5, 5.41) is 0. The summed E-state index contributed by atoms with van der Waals surface area (Å²) in [5.41, 5.74) is 0. The number of likely N-dealkylation sites (N-methyl/N-ethyl adjacent to an activating group) is 2. The third-order valence-electron chi connectivity index (χ3n) is 18.5. The molecule has 0 saturated heterocycles. The Labute approximate surface area is 575 Å². The molecule has 0 aliphatic carbocycles. The molecule has 0 aromatic heterocycles. The minimum Gasteiger partial charge on any atom is -0.379 e. The van der Waals surface area contributed by atoms with Gasteiger partial charge in [-0.3, -0.25) is 0 Å². The van der Waals surface area contributed by atoms with E-state index in [4.69, 9.17) is 47.4 Å². The van der Waals surface area contributed by atoms with Crippen LogP contribution in [0.2, 0.25) is 0 Å². The van der Waals surface area contributed by atoms with Gasteiger partial charge in [0, 0.05) is 26.4 Å². The van der Waals surface area contributed by atoms with E-state index in [0.29, 0.717) is 92.5 Å². The van der Waals surface area contributed by atoms with Gasteiger partial charge in [0.1, 0.15) is 38.4 Å². The molecule has 92 heavy (non-hydrogen) atoms. The monoisotopic (exact) mass is 1320 g/mol. The van der Waals surface area contributed by atoms with Crippen molar-refractivity contribution in [3.05, 3.63) is 0 Å². The van der Waals surface area contributed by atoms with Crippen molar-refractivity contribution in [3.63, 3.8) is 0 Å². The van der Waals surface area contributed by atoms with Crippen LogP contribution in [0.5, 0.6) is 0 Å². The summed E-state index contributed by atoms with van der Waals surface area (Å²) in [6, 6.07) is 0. The van der Waals surface area contributed by atoms with E-state index >= 15 is 0 Å². The van der Waals surface area contributed by atoms with Crippen LogP contribution in [-0.2, 0) is 47.4 Å². The molecule has 0 aliphatic heterocycles. The minimum absolute atomic E-state index is 0.101. The van der Waals surface area contributed by atoms with E-state index in [1.54, 1.807) is 0 Å². The molecule has 0 aliphatic rings. The molecule has 0 radical (unpaired) electrons. The Morgan fingerprint density at radius 3 is 0.565 bits per heavy atom. The summed E-state index contributed by atoms with van der Waals surface area (Å²) in [5.74, 6) is 0. The molecule has 0 heterocycles. The first-order valence-corrected chi connectivity index (χ1v) is 40.7. The fraction of sp³-hybridized carbons (Fsp3) is 1.00. The Morgan fingerprint density at radius 1 is 0.185 bits per heavy atom. The number of quaternary nitrogens is 2. The van der Waals surface area contributed by atoms with E-state index in [1.165, 1.54) is 283 Å². The smallest absolute Gasteiger partial charge is 0.130 e. The molecule has 0 fully saturated rings. The van der Waals surface area contributed by atoms with Gasteiger partial charge in [0.2, 0.25) is 0 Å². The molecule has 0 aromatic rings. The van der Waals surface area contributed by atoms with Crippen molar-refractivity contribution in [2.45, 2.75) is 348 Å². The van der Waals surface area contributed by atoms with E-state index in [-0.39, 0.29) is 12.2 Å². The van der Waals surface area contributed by atoms with Crippen LogP contribution in [0.1, 0.15) is 336 Å². The van der Waals surface area contributed by atoms with E-state index in [9.17, 15) is 0 Å². The molecule has 554 valence electrons. The zero-order valence-electron chi connectivity index (χ0n) is 63.6. The standard InChI is InChI=1S/C80H166N2O10/c1-9-13-17-21-25-29-33-37-41-45-49-53-59-89-77-79(91-61-55-51-47-43-39-35-31-27-23-19-15-11-3)75-81(5,6)57-63-83-65-67-85-69-71-87-73-74-88-72-70-86-68-66-84-64-58-82(7,8)76-80(92-62-56-52-48-44-40-36-32-28-24-20-16-12-4)78-90-60-54-50-46-42-38-34-30-26-22-18-14-10-2/h79-80H,9-78H2,1-8H3/q+2. The average Bonchev–Trinajstić information content (AvgIpc) is 2.38. The van der Waals surface area contributed by atoms with E-state index in [2.05, 4.69) is 55.9 Å². The number of rotatable bonds is 83. The van der Waals surface area contributed by atoms with Crippen LogP contribution in [-0.4, -0.2) is 194 Å². The molecular formula is C80H166N2O10+2. The lowest BCUT2D eigenvalue weighted by atomic mass is 10.1. The van der Waals surface area contributed by atoms with Gasteiger partial charge < -0.3 is 56.3 Å². The predicted molar refractivity (Wildman–Crippen MR) is 394 cm³/mol. The highest BCUT2D eigenvalue weighted by atomic mass is 16.6. The van der Waals surface area contributed by atoms with Gasteiger partial charge in [-0.1, -0.05) is 310 Å². The molecule has 0 aromatic carbocycles. The summed E-state index contributed by atoms with van der Waals surface area (Å²) in [6.45, 7) is 24.5. The third-order valence-corrected chi connectivity index (χ3v) is 18.5. The fourth-order valence-electron chi connectivity index (χ4n) is 12.3. The minimum atomic E-state index is 0.101. The van der Waals surface area contributed by atoms with E-state index < -0.39 is 0 Å². The van der Waals surface area contributed by atoms with Gasteiger partial charge in [-0.15, -0.1) is 0 Å². The molecule has 12 nitrogen and oxygen atoms in total. The zero-order chi connectivity index (χ0) is 66.7. The van der Waals surface area contributed by atoms with Crippen LogP contribution in [0.4, 0.5) is 0 Å². The van der Waals surface area contributed by atoms with Gasteiger partial charge in [0.15, 0.2) is 0 Å². The van der Waals surface area contributed by atoms with Crippen molar-refractivity contribution in [1.82, 2.24) is 0 Å². The number of unbranched alkanes of at least 4 members (excludes halogenated alkanes) is 44. The van der Waals surface area contributed by atoms with Crippen molar-refractivity contribution < 1.29 is 56.3 Å². The second kappa shape index (κ2) is 76.3. The zero-order valence-corrected chi connectivity index (χ0v) is 63.6. The Hall–Kier alpha value is -0.480. The van der Waals surface area contributed by atoms with E-state index in [0.717, 1.165) is 87.3 Å². The summed E-state index contributed by atoms with van der Waals surface area (Å²) >= 11 is 0. The first kappa shape index (κ1) is 91.5. The van der Waals surface area contributed by atoms with Crippen LogP contribution < -0.4 is 0 Å². The molecule has 2 atom stereocenters. The third kappa shape index (κ3) is 75.3. The van der Waals surface area contributed by atoms with Gasteiger partial charge in [-0.05, 0) is 25.7 Å². The molecular weight excluding hydrogens is 1150 g/mol. The Kier molecular flexibility index (Phi) is 75.9. The lowest BCUT2D eigenvalue weighted by molar-refractivity contribution is -0.894. The fourth-order valence-corrected chi connectivity index (χ4v) is 12.3. The highest BCUT2D eigenvalue weighted by Gasteiger charge is 2.25. The summed E-state index contributed by atoms with van der Waals surface area (Å²) in [6.07, 6.45) is 65.5. The van der Waals surface area contributed by atoms with Crippen molar-refractivity contribution >= 4 is 0 Å². The Balaban J connectivity index is 4.30. The highest BCUT2D eigenvalue weighted by molar-refractivity contribution is 4.61. The molecule has 0 saturated carbocycles. The lowest BCUT2D eigenvalue weighted by Crippen LogP contribution is -2.49. The maximum atomic E-state index is 6.55. The first-order valence-electron chi connectivity index (χ1n) is 40.7. The van der Waals surface area contributed by atoms with Crippen LogP contribution in [0, 0.1) is 0 Å². The van der Waals surface area contributed by atoms with Gasteiger partial charge in [0.05, 0.1) is 121 Å². The molecule has 0 rings (SSSR count). The number of ether oxygens (including phenoxy) is 10. The molecule has 0 amide bonds. The summed E-state index contributed by atoms with van der Waals surface area (Å²) < 4.78 is 62.5. The summed E-state index contributed by atoms with van der Waals surface area (Å²) in [4.78, 5) is 0. The lowest BCUT2D eigenvalue weighted by Gasteiger charge is -2.33. The van der Waals surface area contributed by atoms with Crippen molar-refractivity contribution in [2.24, 2.45) is 0 Å². The molecule has 0 N–H and O–H groups in total. The first-order chi connectivity index (χ1) is 45.2. The van der Waals surface area contributed by atoms with E-state index in [1.807, 2.05) is 0 Å². The second-order valence-corrected chi connectivity index (χ2v) is 29.0. The second-order valence-electron chi connectivity index (χ2n) is 29.0. The van der Waals surface area contributed by atoms with Crippen molar-refractivity contribution in [1.29, 1.82) is 0 Å². The van der Waals surface area contributed by atoms with Gasteiger partial charge in [-0.2, -0.15) is 0 Å². The highest BCUT2D eigenvalue weighted by Crippen LogP contribution is 2.18. The quantitative estimate of drug-likeness (QED) is 0.0433. The van der Waals surface area contributed by atoms with Crippen molar-refractivity contribution in [2.75, 3.05) is 173 Å². The van der Waals surface area contributed by atoms with Crippen LogP contribution in [0.25, 0.3) is 0 Å². The molecule has 12 heteroatoms. The Morgan fingerprint density at radius 2 is 0.359 bits per heavy atom. The average molecular weight is 1320 g/mol. The molecule has 0 spiro atoms. The molecule has 0 bridgehead atoms. The van der Waals surface area contributed by atoms with Gasteiger partial charge >= 0.3 is 0 Å². The Bertz CT molecular complexity index is 1250. The number of hydrogen-bond donors (Lipinski definition) is 0.